The van der Waals surface area contributed by atoms with Crippen LogP contribution in [0.15, 0.2) is 42.5 Å². The second-order valence-electron chi connectivity index (χ2n) is 5.91. The van der Waals surface area contributed by atoms with Crippen molar-refractivity contribution in [2.75, 3.05) is 24.4 Å². The zero-order valence-corrected chi connectivity index (χ0v) is 14.8. The van der Waals surface area contributed by atoms with Gasteiger partial charge in [0.1, 0.15) is 0 Å². The maximum atomic E-state index is 13.2. The third-order valence-electron chi connectivity index (χ3n) is 3.65. The molecule has 0 unspecified atom stereocenters. The fraction of sp³-hybridized carbons (Fsp3) is 0.263. The molecule has 0 aromatic heterocycles. The van der Waals surface area contributed by atoms with Gasteiger partial charge < -0.3 is 15.4 Å². The molecule has 0 fully saturated rings. The quantitative estimate of drug-likeness (QED) is 0.788. The highest BCUT2D eigenvalue weighted by molar-refractivity contribution is 6.05. The van der Waals surface area contributed by atoms with Crippen molar-refractivity contribution in [3.63, 3.8) is 0 Å². The zero-order valence-electron chi connectivity index (χ0n) is 14.8. The molecular formula is C19H19F3N2O3. The Balaban J connectivity index is 2.27. The van der Waals surface area contributed by atoms with E-state index in [1.165, 1.54) is 13.2 Å². The molecule has 0 aliphatic rings. The average molecular weight is 380 g/mol. The fourth-order valence-electron chi connectivity index (χ4n) is 2.25. The van der Waals surface area contributed by atoms with E-state index in [1.807, 2.05) is 6.92 Å². The van der Waals surface area contributed by atoms with E-state index >= 15 is 0 Å². The van der Waals surface area contributed by atoms with Gasteiger partial charge >= 0.3 is 6.18 Å². The van der Waals surface area contributed by atoms with Crippen LogP contribution in [-0.2, 0) is 15.7 Å². The van der Waals surface area contributed by atoms with Crippen LogP contribution in [-0.4, -0.2) is 25.5 Å². The summed E-state index contributed by atoms with van der Waals surface area (Å²) in [4.78, 5) is 24.1. The second-order valence-corrected chi connectivity index (χ2v) is 5.91. The van der Waals surface area contributed by atoms with Gasteiger partial charge in [0.2, 0.25) is 5.91 Å². The van der Waals surface area contributed by atoms with Crippen LogP contribution in [0.5, 0.6) is 0 Å². The van der Waals surface area contributed by atoms with Crippen molar-refractivity contribution in [1.82, 2.24) is 0 Å². The van der Waals surface area contributed by atoms with Crippen LogP contribution in [0.4, 0.5) is 24.5 Å². The Morgan fingerprint density at radius 2 is 1.67 bits per heavy atom. The van der Waals surface area contributed by atoms with Crippen LogP contribution in [0.2, 0.25) is 0 Å². The maximum Gasteiger partial charge on any atom is 0.416 e. The third kappa shape index (κ3) is 6.10. The zero-order chi connectivity index (χ0) is 20.0. The van der Waals surface area contributed by atoms with Crippen LogP contribution in [0.25, 0.3) is 0 Å². The number of amides is 2. The number of hydrogen-bond donors (Lipinski definition) is 2. The molecule has 144 valence electrons. The molecule has 27 heavy (non-hydrogen) atoms. The lowest BCUT2D eigenvalue weighted by atomic mass is 10.1. The lowest BCUT2D eigenvalue weighted by molar-refractivity contribution is -0.137. The molecule has 0 aliphatic heterocycles. The molecule has 8 heteroatoms. The standard InChI is InChI=1S/C19H19F3N2O3/c1-12-3-5-15(6-4-12)24-18(26)13-9-14(19(20,21)22)11-16(10-13)23-17(25)7-8-27-2/h3-6,9-11H,7-8H2,1-2H3,(H,23,25)(H,24,26). The summed E-state index contributed by atoms with van der Waals surface area (Å²) in [6.07, 6.45) is -4.68. The lowest BCUT2D eigenvalue weighted by Crippen LogP contribution is -2.17. The van der Waals surface area contributed by atoms with Gasteiger partial charge in [-0.2, -0.15) is 13.2 Å². The predicted octanol–water partition coefficient (Wildman–Crippen LogP) is 4.24. The minimum Gasteiger partial charge on any atom is -0.384 e. The van der Waals surface area contributed by atoms with Gasteiger partial charge in [-0.25, -0.2) is 0 Å². The average Bonchev–Trinajstić information content (AvgIpc) is 2.61. The van der Waals surface area contributed by atoms with Gasteiger partial charge in [0.15, 0.2) is 0 Å². The highest BCUT2D eigenvalue weighted by Gasteiger charge is 2.32. The van der Waals surface area contributed by atoms with Gasteiger partial charge in [0.25, 0.3) is 5.91 Å². The summed E-state index contributed by atoms with van der Waals surface area (Å²) in [5.74, 6) is -1.22. The van der Waals surface area contributed by atoms with E-state index < -0.39 is 23.6 Å². The summed E-state index contributed by atoms with van der Waals surface area (Å²) >= 11 is 0. The first kappa shape index (κ1) is 20.4. The first-order valence-corrected chi connectivity index (χ1v) is 8.08. The minimum absolute atomic E-state index is 0.0162. The number of methoxy groups -OCH3 is 1. The van der Waals surface area contributed by atoms with Crippen molar-refractivity contribution < 1.29 is 27.5 Å². The molecule has 2 aromatic rings. The Morgan fingerprint density at radius 1 is 1.00 bits per heavy atom. The molecule has 5 nitrogen and oxygen atoms in total. The number of anilines is 2. The van der Waals surface area contributed by atoms with E-state index in [4.69, 9.17) is 4.74 Å². The van der Waals surface area contributed by atoms with Crippen LogP contribution in [0, 0.1) is 6.92 Å². The van der Waals surface area contributed by atoms with Gasteiger partial charge in [0.05, 0.1) is 18.6 Å². The Bertz CT molecular complexity index is 818. The van der Waals surface area contributed by atoms with Gasteiger partial charge in [-0.3, -0.25) is 9.59 Å². The van der Waals surface area contributed by atoms with Gasteiger partial charge in [0, 0.05) is 24.0 Å². The summed E-state index contributed by atoms with van der Waals surface area (Å²) in [6.45, 7) is 2.00. The number of benzene rings is 2. The first-order chi connectivity index (χ1) is 12.7. The predicted molar refractivity (Wildman–Crippen MR) is 95.7 cm³/mol. The lowest BCUT2D eigenvalue weighted by Gasteiger charge is -2.13. The highest BCUT2D eigenvalue weighted by Crippen LogP contribution is 2.32. The number of aryl methyl sites for hydroxylation is 1. The van der Waals surface area contributed by atoms with E-state index in [1.54, 1.807) is 24.3 Å². The summed E-state index contributed by atoms with van der Waals surface area (Å²) in [5.41, 5.74) is 0.0790. The normalized spacial score (nSPS) is 11.1. The summed E-state index contributed by atoms with van der Waals surface area (Å²) in [5, 5.41) is 4.90. The van der Waals surface area contributed by atoms with E-state index in [0.29, 0.717) is 5.69 Å². The van der Waals surface area contributed by atoms with Crippen LogP contribution in [0.1, 0.15) is 27.9 Å². The number of nitrogens with one attached hydrogen (secondary N) is 2. The number of rotatable bonds is 6. The van der Waals surface area contributed by atoms with Crippen molar-refractivity contribution in [2.45, 2.75) is 19.5 Å². The number of alkyl halides is 3. The number of carbonyl (C=O) groups excluding carboxylic acids is 2. The molecular weight excluding hydrogens is 361 g/mol. The van der Waals surface area contributed by atoms with E-state index in [2.05, 4.69) is 10.6 Å². The topological polar surface area (TPSA) is 67.4 Å². The highest BCUT2D eigenvalue weighted by atomic mass is 19.4. The molecule has 2 aromatic carbocycles. The first-order valence-electron chi connectivity index (χ1n) is 8.08. The van der Waals surface area contributed by atoms with Crippen molar-refractivity contribution in [3.8, 4) is 0 Å². The van der Waals surface area contributed by atoms with Crippen LogP contribution >= 0.6 is 0 Å². The largest absolute Gasteiger partial charge is 0.416 e. The SMILES string of the molecule is COCCC(=O)Nc1cc(C(=O)Nc2ccc(C)cc2)cc(C(F)(F)F)c1. The Hall–Kier alpha value is -2.87. The number of halogens is 3. The van der Waals surface area contributed by atoms with Crippen molar-refractivity contribution in [3.05, 3.63) is 59.2 Å². The van der Waals surface area contributed by atoms with Crippen molar-refractivity contribution in [2.24, 2.45) is 0 Å². The van der Waals surface area contributed by atoms with Crippen molar-refractivity contribution in [1.29, 1.82) is 0 Å². The Morgan fingerprint density at radius 3 is 2.26 bits per heavy atom. The number of ether oxygens (including phenoxy) is 1. The molecule has 0 heterocycles. The molecule has 0 saturated carbocycles. The summed E-state index contributed by atoms with van der Waals surface area (Å²) < 4.78 is 44.2. The molecule has 2 amide bonds. The Kier molecular flexibility index (Phi) is 6.57. The smallest absolute Gasteiger partial charge is 0.384 e. The monoisotopic (exact) mass is 380 g/mol. The Labute approximate surface area is 154 Å². The molecule has 2 N–H and O–H groups in total. The summed E-state index contributed by atoms with van der Waals surface area (Å²) in [7, 11) is 1.41. The van der Waals surface area contributed by atoms with Gasteiger partial charge in [-0.15, -0.1) is 0 Å². The molecule has 0 bridgehead atoms. The number of carbonyl (C=O) groups is 2. The molecule has 0 atom stereocenters. The van der Waals surface area contributed by atoms with Gasteiger partial charge in [-0.1, -0.05) is 17.7 Å². The maximum absolute atomic E-state index is 13.2. The summed E-state index contributed by atoms with van der Waals surface area (Å²) in [6, 6.07) is 9.56. The fourth-order valence-corrected chi connectivity index (χ4v) is 2.25. The third-order valence-corrected chi connectivity index (χ3v) is 3.65. The minimum atomic E-state index is -4.66. The molecule has 0 spiro atoms. The van der Waals surface area contributed by atoms with Crippen LogP contribution < -0.4 is 10.6 Å². The molecule has 0 radical (unpaired) electrons. The van der Waals surface area contributed by atoms with Crippen LogP contribution in [0.3, 0.4) is 0 Å². The second kappa shape index (κ2) is 8.68. The van der Waals surface area contributed by atoms with Crippen molar-refractivity contribution >= 4 is 23.2 Å². The molecule has 0 saturated heterocycles. The molecule has 0 aliphatic carbocycles. The number of hydrogen-bond acceptors (Lipinski definition) is 3. The van der Waals surface area contributed by atoms with E-state index in [9.17, 15) is 22.8 Å². The van der Waals surface area contributed by atoms with Gasteiger partial charge in [-0.05, 0) is 37.3 Å². The van der Waals surface area contributed by atoms with E-state index in [-0.39, 0.29) is 24.3 Å². The van der Waals surface area contributed by atoms with E-state index in [0.717, 1.165) is 17.7 Å². The molecule has 2 rings (SSSR count).